The monoisotopic (exact) mass is 511 g/mol. The average molecular weight is 512 g/mol. The lowest BCUT2D eigenvalue weighted by Gasteiger charge is -2.12. The Morgan fingerprint density at radius 2 is 1.70 bits per heavy atom. The molecule has 3 amide bonds. The molecule has 0 aliphatic carbocycles. The number of ether oxygens (including phenoxy) is 1. The summed E-state index contributed by atoms with van der Waals surface area (Å²) < 4.78 is 7.24. The predicted molar refractivity (Wildman–Crippen MR) is 147 cm³/mol. The number of amides is 3. The number of nitrogens with zero attached hydrogens (tertiary/aromatic N) is 2. The summed E-state index contributed by atoms with van der Waals surface area (Å²) in [6, 6.07) is 23.3. The second-order valence-electron chi connectivity index (χ2n) is 8.74. The summed E-state index contributed by atoms with van der Waals surface area (Å²) in [5.41, 5.74) is 4.39. The van der Waals surface area contributed by atoms with Crippen LogP contribution in [0.4, 0.5) is 10.5 Å². The van der Waals surface area contributed by atoms with E-state index in [1.54, 1.807) is 37.5 Å². The third-order valence-corrected chi connectivity index (χ3v) is 7.20. The van der Waals surface area contributed by atoms with E-state index >= 15 is 0 Å². The molecule has 8 heteroatoms. The van der Waals surface area contributed by atoms with Gasteiger partial charge in [0, 0.05) is 22.8 Å². The first-order valence-corrected chi connectivity index (χ1v) is 12.5. The van der Waals surface area contributed by atoms with Crippen molar-refractivity contribution in [3.8, 4) is 11.4 Å². The average Bonchev–Trinajstić information content (AvgIpc) is 3.32. The Labute approximate surface area is 218 Å². The van der Waals surface area contributed by atoms with Gasteiger partial charge in [0.15, 0.2) is 0 Å². The Balaban J connectivity index is 1.34. The number of aryl methyl sites for hydroxylation is 1. The van der Waals surface area contributed by atoms with Gasteiger partial charge < -0.3 is 14.6 Å². The molecule has 7 nitrogen and oxygen atoms in total. The fourth-order valence-corrected chi connectivity index (χ4v) is 5.27. The normalized spacial score (nSPS) is 14.6. The second-order valence-corrected chi connectivity index (χ2v) is 9.73. The van der Waals surface area contributed by atoms with E-state index in [9.17, 15) is 14.4 Å². The van der Waals surface area contributed by atoms with E-state index in [4.69, 9.17) is 4.74 Å². The van der Waals surface area contributed by atoms with Gasteiger partial charge in [0.2, 0.25) is 5.91 Å². The van der Waals surface area contributed by atoms with Crippen LogP contribution in [0, 0.1) is 13.8 Å². The minimum atomic E-state index is -0.476. The molecule has 0 spiro atoms. The molecule has 0 unspecified atom stereocenters. The number of hydrogen-bond donors (Lipinski definition) is 1. The molecular formula is C29H25N3O4S. The van der Waals surface area contributed by atoms with Crippen LogP contribution in [0.3, 0.4) is 0 Å². The van der Waals surface area contributed by atoms with Crippen LogP contribution in [0.5, 0.6) is 5.75 Å². The molecule has 5 rings (SSSR count). The lowest BCUT2D eigenvalue weighted by molar-refractivity contribution is -0.127. The summed E-state index contributed by atoms with van der Waals surface area (Å²) in [4.78, 5) is 39.4. The number of imide groups is 1. The molecule has 0 saturated carbocycles. The third-order valence-electron chi connectivity index (χ3n) is 6.30. The number of hydrogen-bond acceptors (Lipinski definition) is 5. The van der Waals surface area contributed by atoms with Gasteiger partial charge in [0.05, 0.1) is 12.0 Å². The second kappa shape index (κ2) is 9.99. The van der Waals surface area contributed by atoms with E-state index in [1.807, 2.05) is 32.0 Å². The highest BCUT2D eigenvalue weighted by molar-refractivity contribution is 8.18. The molecule has 1 aliphatic rings. The van der Waals surface area contributed by atoms with Crippen LogP contribution in [0.2, 0.25) is 0 Å². The zero-order chi connectivity index (χ0) is 26.1. The van der Waals surface area contributed by atoms with Gasteiger partial charge in [-0.15, -0.1) is 0 Å². The number of carbonyl (C=O) groups excluding carboxylic acids is 3. The predicted octanol–water partition coefficient (Wildman–Crippen LogP) is 5.93. The molecule has 1 aliphatic heterocycles. The maximum Gasteiger partial charge on any atom is 0.294 e. The van der Waals surface area contributed by atoms with E-state index in [-0.39, 0.29) is 6.54 Å². The molecular weight excluding hydrogens is 486 g/mol. The van der Waals surface area contributed by atoms with Crippen molar-refractivity contribution in [3.63, 3.8) is 0 Å². The standard InChI is InChI=1S/C29H25N3O4S/c1-18-14-22(19(2)32(18)24-11-8-20-6-4-5-7-21(20)15-24)16-26-28(34)31(29(35)37-26)17-27(33)30-23-9-12-25(36-3)13-10-23/h4-16H,17H2,1-3H3,(H,30,33)/b26-16+. The van der Waals surface area contributed by atoms with E-state index in [2.05, 4.69) is 40.2 Å². The third kappa shape index (κ3) is 4.88. The highest BCUT2D eigenvalue weighted by Gasteiger charge is 2.36. The molecule has 1 N–H and O–H groups in total. The number of nitrogens with one attached hydrogen (secondary N) is 1. The Morgan fingerprint density at radius 1 is 0.973 bits per heavy atom. The van der Waals surface area contributed by atoms with Gasteiger partial charge in [-0.25, -0.2) is 0 Å². The van der Waals surface area contributed by atoms with E-state index in [0.717, 1.165) is 44.7 Å². The van der Waals surface area contributed by atoms with Crippen LogP contribution in [0.15, 0.2) is 77.7 Å². The zero-order valence-corrected chi connectivity index (χ0v) is 21.5. The Morgan fingerprint density at radius 3 is 2.43 bits per heavy atom. The molecule has 0 bridgehead atoms. The number of thioether (sulfide) groups is 1. The largest absolute Gasteiger partial charge is 0.497 e. The quantitative estimate of drug-likeness (QED) is 0.325. The summed E-state index contributed by atoms with van der Waals surface area (Å²) in [5, 5.41) is 4.54. The lowest BCUT2D eigenvalue weighted by atomic mass is 10.1. The molecule has 2 heterocycles. The number of benzene rings is 3. The van der Waals surface area contributed by atoms with Crippen LogP contribution in [0.1, 0.15) is 17.0 Å². The van der Waals surface area contributed by atoms with Gasteiger partial charge in [0.25, 0.3) is 11.1 Å². The number of carbonyl (C=O) groups is 3. The van der Waals surface area contributed by atoms with Gasteiger partial charge in [-0.2, -0.15) is 0 Å². The molecule has 0 radical (unpaired) electrons. The van der Waals surface area contributed by atoms with E-state index in [1.165, 1.54) is 5.39 Å². The molecule has 4 aromatic rings. The van der Waals surface area contributed by atoms with Crippen LogP contribution in [-0.2, 0) is 9.59 Å². The molecule has 1 fully saturated rings. The summed E-state index contributed by atoms with van der Waals surface area (Å²) in [6.45, 7) is 3.64. The number of anilines is 1. The number of aromatic nitrogens is 1. The summed E-state index contributed by atoms with van der Waals surface area (Å²) >= 11 is 0.844. The first-order valence-electron chi connectivity index (χ1n) is 11.7. The minimum absolute atomic E-state index is 0.293. The highest BCUT2D eigenvalue weighted by atomic mass is 32.2. The van der Waals surface area contributed by atoms with Crippen molar-refractivity contribution < 1.29 is 19.1 Å². The SMILES string of the molecule is COc1ccc(NC(=O)CN2C(=O)S/C(=C/c3cc(C)n(-c4ccc5ccccc5c4)c3C)C2=O)cc1. The fourth-order valence-electron chi connectivity index (χ4n) is 4.44. The number of rotatable bonds is 6. The van der Waals surface area contributed by atoms with Gasteiger partial charge in [-0.3, -0.25) is 19.3 Å². The van der Waals surface area contributed by atoms with Crippen molar-refractivity contribution in [1.82, 2.24) is 9.47 Å². The maximum atomic E-state index is 13.0. The van der Waals surface area contributed by atoms with Crippen molar-refractivity contribution >= 4 is 51.4 Å². The number of methoxy groups -OCH3 is 1. The molecule has 3 aromatic carbocycles. The van der Waals surface area contributed by atoms with Crippen LogP contribution >= 0.6 is 11.8 Å². The van der Waals surface area contributed by atoms with Crippen molar-refractivity contribution in [2.24, 2.45) is 0 Å². The summed E-state index contributed by atoms with van der Waals surface area (Å²) in [5.74, 6) is -0.271. The van der Waals surface area contributed by atoms with Crippen molar-refractivity contribution in [2.45, 2.75) is 13.8 Å². The first-order chi connectivity index (χ1) is 17.8. The van der Waals surface area contributed by atoms with Gasteiger partial charge in [0.1, 0.15) is 12.3 Å². The molecule has 1 saturated heterocycles. The minimum Gasteiger partial charge on any atom is -0.497 e. The van der Waals surface area contributed by atoms with Gasteiger partial charge in [-0.05, 0) is 90.5 Å². The topological polar surface area (TPSA) is 80.6 Å². The van der Waals surface area contributed by atoms with Crippen LogP contribution in [-0.4, -0.2) is 40.2 Å². The van der Waals surface area contributed by atoms with Gasteiger partial charge >= 0.3 is 0 Å². The molecule has 37 heavy (non-hydrogen) atoms. The van der Waals surface area contributed by atoms with Crippen LogP contribution < -0.4 is 10.1 Å². The van der Waals surface area contributed by atoms with E-state index < -0.39 is 17.1 Å². The summed E-state index contributed by atoms with van der Waals surface area (Å²) in [7, 11) is 1.56. The van der Waals surface area contributed by atoms with Crippen molar-refractivity contribution in [1.29, 1.82) is 0 Å². The summed E-state index contributed by atoms with van der Waals surface area (Å²) in [6.07, 6.45) is 1.73. The van der Waals surface area contributed by atoms with Crippen LogP contribution in [0.25, 0.3) is 22.5 Å². The van der Waals surface area contributed by atoms with Crippen molar-refractivity contribution in [2.75, 3.05) is 19.0 Å². The Kier molecular flexibility index (Phi) is 6.58. The smallest absolute Gasteiger partial charge is 0.294 e. The molecule has 0 atom stereocenters. The fraction of sp³-hybridized carbons (Fsp3) is 0.138. The first kappa shape index (κ1) is 24.4. The molecule has 1 aromatic heterocycles. The maximum absolute atomic E-state index is 13.0. The van der Waals surface area contributed by atoms with Gasteiger partial charge in [-0.1, -0.05) is 30.3 Å². The lowest BCUT2D eigenvalue weighted by Crippen LogP contribution is -2.36. The zero-order valence-electron chi connectivity index (χ0n) is 20.6. The number of fused-ring (bicyclic) bond motifs is 1. The van der Waals surface area contributed by atoms with E-state index in [0.29, 0.717) is 16.3 Å². The highest BCUT2D eigenvalue weighted by Crippen LogP contribution is 2.34. The molecule has 186 valence electrons. The Hall–Kier alpha value is -4.30. The van der Waals surface area contributed by atoms with Crippen molar-refractivity contribution in [3.05, 3.63) is 94.7 Å². The Bertz CT molecular complexity index is 1570.